The molecule has 0 amide bonds. The molecule has 1 N–H and O–H groups in total. The van der Waals surface area contributed by atoms with Crippen molar-refractivity contribution >= 4 is 15.9 Å². The summed E-state index contributed by atoms with van der Waals surface area (Å²) in [7, 11) is 1.68. The topological polar surface area (TPSA) is 12.0 Å². The number of hydrogen-bond acceptors (Lipinski definition) is 1. The normalized spacial score (nSPS) is 10.3. The van der Waals surface area contributed by atoms with Gasteiger partial charge in [0.15, 0.2) is 11.6 Å². The maximum atomic E-state index is 12.9. The van der Waals surface area contributed by atoms with Gasteiger partial charge in [0.25, 0.3) is 0 Å². The highest BCUT2D eigenvalue weighted by Gasteiger charge is 2.08. The molecule has 0 atom stereocenters. The van der Waals surface area contributed by atoms with Crippen LogP contribution in [0.2, 0.25) is 0 Å². The van der Waals surface area contributed by atoms with E-state index in [2.05, 4.69) is 21.2 Å². The fraction of sp³-hybridized carbons (Fsp3) is 0.250. The molecule has 1 nitrogen and oxygen atoms in total. The van der Waals surface area contributed by atoms with Crippen LogP contribution in [0.5, 0.6) is 0 Å². The molecule has 0 bridgehead atoms. The fourth-order valence-corrected chi connectivity index (χ4v) is 1.41. The van der Waals surface area contributed by atoms with E-state index in [4.69, 9.17) is 0 Å². The molecule has 0 fully saturated rings. The summed E-state index contributed by atoms with van der Waals surface area (Å²) in [6.45, 7) is 0.322. The lowest BCUT2D eigenvalue weighted by Crippen LogP contribution is -2.08. The smallest absolute Gasteiger partial charge is 0.163 e. The highest BCUT2D eigenvalue weighted by molar-refractivity contribution is 9.10. The van der Waals surface area contributed by atoms with Crippen LogP contribution < -0.4 is 5.32 Å². The van der Waals surface area contributed by atoms with Crippen LogP contribution >= 0.6 is 15.9 Å². The van der Waals surface area contributed by atoms with E-state index in [0.29, 0.717) is 16.6 Å². The van der Waals surface area contributed by atoms with Crippen LogP contribution in [0, 0.1) is 11.6 Å². The Morgan fingerprint density at radius 3 is 2.67 bits per heavy atom. The second-order valence-electron chi connectivity index (χ2n) is 2.39. The molecule has 1 aromatic carbocycles. The quantitative estimate of drug-likeness (QED) is 0.777. The van der Waals surface area contributed by atoms with Gasteiger partial charge in [0.2, 0.25) is 0 Å². The predicted octanol–water partition coefficient (Wildman–Crippen LogP) is 2.45. The van der Waals surface area contributed by atoms with Crippen molar-refractivity contribution in [3.63, 3.8) is 0 Å². The number of hydrogen-bond donors (Lipinski definition) is 1. The third kappa shape index (κ3) is 2.01. The van der Waals surface area contributed by atoms with Crippen molar-refractivity contribution in [2.45, 2.75) is 6.54 Å². The third-order valence-electron chi connectivity index (χ3n) is 1.44. The molecule has 0 aliphatic heterocycles. The van der Waals surface area contributed by atoms with Crippen LogP contribution in [-0.2, 0) is 6.54 Å². The van der Waals surface area contributed by atoms with Crippen molar-refractivity contribution in [2.24, 2.45) is 0 Å². The summed E-state index contributed by atoms with van der Waals surface area (Å²) in [6.07, 6.45) is 0. The Hall–Kier alpha value is -0.480. The summed E-state index contributed by atoms with van der Waals surface area (Å²) >= 11 is 3.08. The van der Waals surface area contributed by atoms with Gasteiger partial charge in [-0.3, -0.25) is 0 Å². The molecule has 0 aromatic heterocycles. The summed E-state index contributed by atoms with van der Waals surface area (Å²) in [4.78, 5) is 0. The van der Waals surface area contributed by atoms with Gasteiger partial charge in [-0.1, -0.05) is 15.9 Å². The lowest BCUT2D eigenvalue weighted by atomic mass is 10.2. The molecule has 0 spiro atoms. The van der Waals surface area contributed by atoms with Crippen molar-refractivity contribution in [3.05, 3.63) is 33.8 Å². The molecule has 0 aliphatic carbocycles. The molecule has 1 aromatic rings. The first kappa shape index (κ1) is 9.61. The molecular weight excluding hydrogens is 228 g/mol. The molecule has 4 heteroatoms. The van der Waals surface area contributed by atoms with Gasteiger partial charge in [-0.15, -0.1) is 0 Å². The average molecular weight is 236 g/mol. The molecule has 0 heterocycles. The highest BCUT2D eigenvalue weighted by Crippen LogP contribution is 2.18. The predicted molar refractivity (Wildman–Crippen MR) is 46.8 cm³/mol. The molecule has 0 saturated carbocycles. The van der Waals surface area contributed by atoms with Crippen molar-refractivity contribution < 1.29 is 8.78 Å². The van der Waals surface area contributed by atoms with Crippen molar-refractivity contribution in [3.8, 4) is 0 Å². The van der Waals surface area contributed by atoms with E-state index < -0.39 is 11.6 Å². The van der Waals surface area contributed by atoms with Gasteiger partial charge in [-0.25, -0.2) is 8.78 Å². The number of nitrogens with one attached hydrogen (secondary N) is 1. The highest BCUT2D eigenvalue weighted by atomic mass is 79.9. The van der Waals surface area contributed by atoms with E-state index in [9.17, 15) is 8.78 Å². The second kappa shape index (κ2) is 3.96. The van der Waals surface area contributed by atoms with Crippen molar-refractivity contribution in [1.29, 1.82) is 0 Å². The lowest BCUT2D eigenvalue weighted by Gasteiger charge is -2.03. The third-order valence-corrected chi connectivity index (χ3v) is 1.89. The Labute approximate surface area is 77.9 Å². The second-order valence-corrected chi connectivity index (χ2v) is 3.31. The van der Waals surface area contributed by atoms with E-state index >= 15 is 0 Å². The monoisotopic (exact) mass is 235 g/mol. The first-order valence-electron chi connectivity index (χ1n) is 3.43. The zero-order valence-corrected chi connectivity index (χ0v) is 8.08. The molecule has 66 valence electrons. The first-order chi connectivity index (χ1) is 5.65. The molecular formula is C8H8BrF2N. The Balaban J connectivity index is 3.09. The van der Waals surface area contributed by atoms with Crippen LogP contribution in [-0.4, -0.2) is 7.05 Å². The number of halogens is 3. The lowest BCUT2D eigenvalue weighted by molar-refractivity contribution is 0.495. The maximum Gasteiger partial charge on any atom is 0.163 e. The zero-order valence-electron chi connectivity index (χ0n) is 6.50. The van der Waals surface area contributed by atoms with Gasteiger partial charge < -0.3 is 5.32 Å². The minimum absolute atomic E-state index is 0.322. The van der Waals surface area contributed by atoms with Crippen LogP contribution in [0.4, 0.5) is 8.78 Å². The van der Waals surface area contributed by atoms with Gasteiger partial charge in [-0.2, -0.15) is 0 Å². The molecule has 0 unspecified atom stereocenters. The molecule has 0 radical (unpaired) electrons. The minimum atomic E-state index is -0.824. The first-order valence-corrected chi connectivity index (χ1v) is 4.22. The fourth-order valence-electron chi connectivity index (χ4n) is 0.928. The van der Waals surface area contributed by atoms with E-state index in [0.717, 1.165) is 6.07 Å². The molecule has 1 rings (SSSR count). The zero-order chi connectivity index (χ0) is 9.14. The van der Waals surface area contributed by atoms with Crippen molar-refractivity contribution in [2.75, 3.05) is 7.05 Å². The van der Waals surface area contributed by atoms with E-state index in [1.807, 2.05) is 0 Å². The van der Waals surface area contributed by atoms with Crippen LogP contribution in [0.1, 0.15) is 5.56 Å². The summed E-state index contributed by atoms with van der Waals surface area (Å²) in [5.74, 6) is -1.61. The van der Waals surface area contributed by atoms with Gasteiger partial charge in [0.1, 0.15) is 0 Å². The Morgan fingerprint density at radius 1 is 1.42 bits per heavy atom. The van der Waals surface area contributed by atoms with Crippen LogP contribution in [0.3, 0.4) is 0 Å². The van der Waals surface area contributed by atoms with Crippen molar-refractivity contribution in [1.82, 2.24) is 5.32 Å². The van der Waals surface area contributed by atoms with E-state index in [1.54, 1.807) is 13.1 Å². The van der Waals surface area contributed by atoms with Gasteiger partial charge in [0, 0.05) is 16.6 Å². The maximum absolute atomic E-state index is 12.9. The van der Waals surface area contributed by atoms with Crippen LogP contribution in [0.15, 0.2) is 16.6 Å². The molecule has 12 heavy (non-hydrogen) atoms. The Kier molecular flexibility index (Phi) is 3.17. The minimum Gasteiger partial charge on any atom is -0.316 e. The molecule has 0 saturated heterocycles. The van der Waals surface area contributed by atoms with Gasteiger partial charge in [-0.05, 0) is 19.2 Å². The number of rotatable bonds is 2. The van der Waals surface area contributed by atoms with Gasteiger partial charge in [0.05, 0.1) is 0 Å². The van der Waals surface area contributed by atoms with E-state index in [1.165, 1.54) is 0 Å². The largest absolute Gasteiger partial charge is 0.316 e. The van der Waals surface area contributed by atoms with Crippen LogP contribution in [0.25, 0.3) is 0 Å². The summed E-state index contributed by atoms with van der Waals surface area (Å²) in [6, 6.07) is 2.66. The summed E-state index contributed by atoms with van der Waals surface area (Å²) in [5, 5.41) is 2.75. The standard InChI is InChI=1S/C8H8BrF2N/c1-12-4-5-2-6(9)3-7(10)8(5)11/h2-3,12H,4H2,1H3. The SMILES string of the molecule is CNCc1cc(Br)cc(F)c1F. The van der Waals surface area contributed by atoms with Gasteiger partial charge >= 0.3 is 0 Å². The average Bonchev–Trinajstić information content (AvgIpc) is 2.00. The number of benzene rings is 1. The Bertz CT molecular complexity index is 289. The Morgan fingerprint density at radius 2 is 2.08 bits per heavy atom. The molecule has 0 aliphatic rings. The summed E-state index contributed by atoms with van der Waals surface area (Å²) < 4.78 is 26.2. The van der Waals surface area contributed by atoms with E-state index in [-0.39, 0.29) is 0 Å². The summed E-state index contributed by atoms with van der Waals surface area (Å²) in [5.41, 5.74) is 0.323.